The van der Waals surface area contributed by atoms with Gasteiger partial charge in [0.1, 0.15) is 4.90 Å². The van der Waals surface area contributed by atoms with Crippen LogP contribution in [0.3, 0.4) is 0 Å². The molecule has 0 spiro atoms. The molecule has 2 heterocycles. The van der Waals surface area contributed by atoms with Crippen molar-refractivity contribution in [3.05, 3.63) is 60.3 Å². The average Bonchev–Trinajstić information content (AvgIpc) is 3.27. The molecule has 2 N–H and O–H groups in total. The van der Waals surface area contributed by atoms with Crippen LogP contribution < -0.4 is 14.9 Å². The molecule has 1 fully saturated rings. The fourth-order valence-corrected chi connectivity index (χ4v) is 5.09. The number of benzene rings is 2. The van der Waals surface area contributed by atoms with Crippen molar-refractivity contribution in [1.82, 2.24) is 10.3 Å². The summed E-state index contributed by atoms with van der Waals surface area (Å²) in [5.41, 5.74) is 2.03. The molecule has 31 heavy (non-hydrogen) atoms. The van der Waals surface area contributed by atoms with E-state index in [1.165, 1.54) is 6.07 Å². The molecule has 0 saturated carbocycles. The van der Waals surface area contributed by atoms with Gasteiger partial charge in [0, 0.05) is 42.1 Å². The molecule has 0 atom stereocenters. The zero-order valence-electron chi connectivity index (χ0n) is 17.6. The topological polar surface area (TPSA) is 91.4 Å². The SMILES string of the molecule is CC(C)NC(=O)c1cc(NS(=O)(=O)c2cccc3cccnc23)ccc1N1CCCC1. The van der Waals surface area contributed by atoms with E-state index in [0.29, 0.717) is 16.8 Å². The third-order valence-electron chi connectivity index (χ3n) is 5.25. The number of hydrogen-bond acceptors (Lipinski definition) is 5. The lowest BCUT2D eigenvalue weighted by Gasteiger charge is -2.22. The fourth-order valence-electron chi connectivity index (χ4n) is 3.86. The number of carbonyl (C=O) groups excluding carboxylic acids is 1. The first-order valence-corrected chi connectivity index (χ1v) is 11.9. The lowest BCUT2D eigenvalue weighted by Crippen LogP contribution is -2.32. The molecule has 0 bridgehead atoms. The number of fused-ring (bicyclic) bond motifs is 1. The van der Waals surface area contributed by atoms with Crippen LogP contribution in [0, 0.1) is 0 Å². The molecule has 3 aromatic rings. The van der Waals surface area contributed by atoms with E-state index in [-0.39, 0.29) is 16.8 Å². The van der Waals surface area contributed by atoms with Crippen molar-refractivity contribution in [1.29, 1.82) is 0 Å². The molecule has 2 aromatic carbocycles. The van der Waals surface area contributed by atoms with Crippen LogP contribution in [-0.4, -0.2) is 38.4 Å². The summed E-state index contributed by atoms with van der Waals surface area (Å²) < 4.78 is 28.9. The van der Waals surface area contributed by atoms with Gasteiger partial charge in [-0.15, -0.1) is 0 Å². The molecule has 1 aliphatic heterocycles. The van der Waals surface area contributed by atoms with Crippen LogP contribution in [0.15, 0.2) is 59.6 Å². The van der Waals surface area contributed by atoms with Crippen molar-refractivity contribution in [2.75, 3.05) is 22.7 Å². The first-order valence-electron chi connectivity index (χ1n) is 10.4. The largest absolute Gasteiger partial charge is 0.371 e. The molecule has 0 radical (unpaired) electrons. The number of hydrogen-bond donors (Lipinski definition) is 2. The maximum atomic E-state index is 13.2. The Bertz CT molecular complexity index is 1210. The van der Waals surface area contributed by atoms with E-state index in [0.717, 1.165) is 37.0 Å². The van der Waals surface area contributed by atoms with Gasteiger partial charge in [0.15, 0.2) is 0 Å². The van der Waals surface area contributed by atoms with E-state index in [1.807, 2.05) is 32.0 Å². The second kappa shape index (κ2) is 8.55. The smallest absolute Gasteiger partial charge is 0.264 e. The predicted molar refractivity (Wildman–Crippen MR) is 123 cm³/mol. The maximum absolute atomic E-state index is 13.2. The van der Waals surface area contributed by atoms with Gasteiger partial charge in [-0.1, -0.05) is 18.2 Å². The molecule has 1 aromatic heterocycles. The number of sulfonamides is 1. The van der Waals surface area contributed by atoms with Gasteiger partial charge in [-0.25, -0.2) is 8.42 Å². The van der Waals surface area contributed by atoms with Gasteiger partial charge in [0.2, 0.25) is 0 Å². The van der Waals surface area contributed by atoms with Gasteiger partial charge in [-0.05, 0) is 57.0 Å². The standard InChI is InChI=1S/C23H26N4O3S/c1-16(2)25-23(28)19-15-18(10-11-20(19)27-13-3-4-14-27)26-31(29,30)21-9-5-7-17-8-6-12-24-22(17)21/h5-12,15-16,26H,3-4,13-14H2,1-2H3,(H,25,28). The van der Waals surface area contributed by atoms with Gasteiger partial charge in [0.05, 0.1) is 11.1 Å². The summed E-state index contributed by atoms with van der Waals surface area (Å²) >= 11 is 0. The van der Waals surface area contributed by atoms with Crippen LogP contribution in [0.4, 0.5) is 11.4 Å². The van der Waals surface area contributed by atoms with Gasteiger partial charge >= 0.3 is 0 Å². The highest BCUT2D eigenvalue weighted by atomic mass is 32.2. The summed E-state index contributed by atoms with van der Waals surface area (Å²) in [7, 11) is -3.90. The monoisotopic (exact) mass is 438 g/mol. The number of aromatic nitrogens is 1. The summed E-state index contributed by atoms with van der Waals surface area (Å²) in [6, 6.07) is 13.7. The Labute approximate surface area is 182 Å². The van der Waals surface area contributed by atoms with Crippen molar-refractivity contribution in [3.63, 3.8) is 0 Å². The van der Waals surface area contributed by atoms with Crippen molar-refractivity contribution < 1.29 is 13.2 Å². The van der Waals surface area contributed by atoms with E-state index in [4.69, 9.17) is 0 Å². The van der Waals surface area contributed by atoms with Crippen molar-refractivity contribution in [2.24, 2.45) is 0 Å². The van der Waals surface area contributed by atoms with Gasteiger partial charge in [-0.3, -0.25) is 14.5 Å². The highest BCUT2D eigenvalue weighted by Gasteiger charge is 2.23. The zero-order valence-corrected chi connectivity index (χ0v) is 18.4. The molecular weight excluding hydrogens is 412 g/mol. The number of para-hydroxylation sites is 1. The molecule has 1 saturated heterocycles. The molecule has 162 valence electrons. The predicted octanol–water partition coefficient (Wildman–Crippen LogP) is 3.77. The average molecular weight is 439 g/mol. The van der Waals surface area contributed by atoms with Crippen molar-refractivity contribution in [3.8, 4) is 0 Å². The van der Waals surface area contributed by atoms with Crippen LogP contribution in [0.2, 0.25) is 0 Å². The molecule has 7 nitrogen and oxygen atoms in total. The lowest BCUT2D eigenvalue weighted by atomic mass is 10.1. The summed E-state index contributed by atoms with van der Waals surface area (Å²) in [5.74, 6) is -0.218. The number of nitrogens with one attached hydrogen (secondary N) is 2. The third kappa shape index (κ3) is 4.49. The highest BCUT2D eigenvalue weighted by Crippen LogP contribution is 2.29. The van der Waals surface area contributed by atoms with Crippen LogP contribution in [-0.2, 0) is 10.0 Å². The Balaban J connectivity index is 1.71. The Morgan fingerprint density at radius 1 is 1.06 bits per heavy atom. The maximum Gasteiger partial charge on any atom is 0.264 e. The first-order chi connectivity index (χ1) is 14.8. The van der Waals surface area contributed by atoms with E-state index in [1.54, 1.807) is 30.5 Å². The van der Waals surface area contributed by atoms with Crippen molar-refractivity contribution in [2.45, 2.75) is 37.6 Å². The molecule has 8 heteroatoms. The summed E-state index contributed by atoms with van der Waals surface area (Å²) in [6.07, 6.45) is 3.72. The number of pyridine rings is 1. The Morgan fingerprint density at radius 3 is 2.55 bits per heavy atom. The lowest BCUT2D eigenvalue weighted by molar-refractivity contribution is 0.0943. The highest BCUT2D eigenvalue weighted by molar-refractivity contribution is 7.93. The Morgan fingerprint density at radius 2 is 1.81 bits per heavy atom. The minimum absolute atomic E-state index is 0.0268. The molecule has 1 aliphatic rings. The van der Waals surface area contributed by atoms with Crippen molar-refractivity contribution >= 4 is 38.2 Å². The number of rotatable bonds is 6. The zero-order chi connectivity index (χ0) is 22.0. The fraction of sp³-hybridized carbons (Fsp3) is 0.304. The Kier molecular flexibility index (Phi) is 5.82. The summed E-state index contributed by atoms with van der Waals surface area (Å²) in [6.45, 7) is 5.56. The number of carbonyl (C=O) groups is 1. The van der Waals surface area contributed by atoms with Gasteiger partial charge in [0.25, 0.3) is 15.9 Å². The van der Waals surface area contributed by atoms with E-state index < -0.39 is 10.0 Å². The van der Waals surface area contributed by atoms with E-state index in [2.05, 4.69) is 19.9 Å². The minimum Gasteiger partial charge on any atom is -0.371 e. The van der Waals surface area contributed by atoms with Crippen LogP contribution >= 0.6 is 0 Å². The molecular formula is C23H26N4O3S. The number of anilines is 2. The molecule has 0 aliphatic carbocycles. The van der Waals surface area contributed by atoms with Crippen LogP contribution in [0.5, 0.6) is 0 Å². The number of amides is 1. The second-order valence-electron chi connectivity index (χ2n) is 7.99. The van der Waals surface area contributed by atoms with E-state index >= 15 is 0 Å². The quantitative estimate of drug-likeness (QED) is 0.611. The van der Waals surface area contributed by atoms with Gasteiger partial charge < -0.3 is 10.2 Å². The first kappa shape index (κ1) is 21.1. The third-order valence-corrected chi connectivity index (χ3v) is 6.66. The minimum atomic E-state index is -3.90. The van der Waals surface area contributed by atoms with Crippen LogP contribution in [0.1, 0.15) is 37.0 Å². The number of nitrogens with zero attached hydrogens (tertiary/aromatic N) is 2. The summed E-state index contributed by atoms with van der Waals surface area (Å²) in [4.78, 5) is 19.4. The Hall–Kier alpha value is -3.13. The van der Waals surface area contributed by atoms with Gasteiger partial charge in [-0.2, -0.15) is 0 Å². The molecule has 4 rings (SSSR count). The second-order valence-corrected chi connectivity index (χ2v) is 9.64. The molecule has 1 amide bonds. The normalized spacial score (nSPS) is 14.2. The molecule has 0 unspecified atom stereocenters. The summed E-state index contributed by atoms with van der Waals surface area (Å²) in [5, 5.41) is 3.66. The van der Waals surface area contributed by atoms with E-state index in [9.17, 15) is 13.2 Å². The van der Waals surface area contributed by atoms with Crippen LogP contribution in [0.25, 0.3) is 10.9 Å².